The zero-order valence-corrected chi connectivity index (χ0v) is 11.1. The van der Waals surface area contributed by atoms with Crippen LogP contribution in [0.25, 0.3) is 10.4 Å². The maximum atomic E-state index is 12.6. The molecule has 0 bridgehead atoms. The predicted octanol–water partition coefficient (Wildman–Crippen LogP) is 3.01. The molecule has 1 fully saturated rings. The van der Waals surface area contributed by atoms with E-state index >= 15 is 0 Å². The molecule has 102 valence electrons. The molecule has 1 aromatic rings. The van der Waals surface area contributed by atoms with Crippen LogP contribution in [0.5, 0.6) is 0 Å². The van der Waals surface area contributed by atoms with Gasteiger partial charge in [0.25, 0.3) is 5.91 Å². The molecule has 0 saturated heterocycles. The van der Waals surface area contributed by atoms with Crippen LogP contribution in [-0.2, 0) is 11.3 Å². The van der Waals surface area contributed by atoms with Gasteiger partial charge in [-0.2, -0.15) is 0 Å². The zero-order valence-electron chi connectivity index (χ0n) is 11.1. The monoisotopic (exact) mass is 269 g/mol. The molecule has 2 aliphatic rings. The number of carbonyl (C=O) groups excluding carboxylic acids is 1. The van der Waals surface area contributed by atoms with E-state index in [0.29, 0.717) is 6.54 Å². The smallest absolute Gasteiger partial charge is 0.256 e. The Morgan fingerprint density at radius 3 is 2.65 bits per heavy atom. The zero-order chi connectivity index (χ0) is 14.0. The van der Waals surface area contributed by atoms with Crippen molar-refractivity contribution in [3.8, 4) is 0 Å². The van der Waals surface area contributed by atoms with Crippen LogP contribution in [0.3, 0.4) is 0 Å². The molecular formula is C14H15N5O. The third-order valence-electron chi connectivity index (χ3n) is 3.95. The lowest BCUT2D eigenvalue weighted by atomic mass is 9.98. The third kappa shape index (κ3) is 2.04. The first kappa shape index (κ1) is 12.7. The molecule has 0 radical (unpaired) electrons. The van der Waals surface area contributed by atoms with E-state index in [4.69, 9.17) is 5.53 Å². The van der Waals surface area contributed by atoms with E-state index in [0.717, 1.165) is 31.2 Å². The fourth-order valence-electron chi connectivity index (χ4n) is 2.95. The Morgan fingerprint density at radius 1 is 1.30 bits per heavy atom. The van der Waals surface area contributed by atoms with Gasteiger partial charge >= 0.3 is 0 Å². The number of benzene rings is 1. The van der Waals surface area contributed by atoms with E-state index in [2.05, 4.69) is 15.0 Å². The first-order chi connectivity index (χ1) is 9.75. The Hall–Kier alpha value is -2.33. The molecule has 0 unspecified atom stereocenters. The van der Waals surface area contributed by atoms with Crippen LogP contribution in [0, 0.1) is 0 Å². The summed E-state index contributed by atoms with van der Waals surface area (Å²) in [7, 11) is 0. The van der Waals surface area contributed by atoms with E-state index in [-0.39, 0.29) is 11.9 Å². The topological polar surface area (TPSA) is 81.4 Å². The van der Waals surface area contributed by atoms with Crippen molar-refractivity contribution in [1.82, 2.24) is 4.90 Å². The highest BCUT2D eigenvalue weighted by molar-refractivity contribution is 6.07. The van der Waals surface area contributed by atoms with Crippen LogP contribution in [0.15, 0.2) is 40.4 Å². The Kier molecular flexibility index (Phi) is 3.16. The highest BCUT2D eigenvalue weighted by atomic mass is 16.2. The van der Waals surface area contributed by atoms with Gasteiger partial charge in [0.05, 0.1) is 6.54 Å². The first-order valence-electron chi connectivity index (χ1n) is 6.76. The molecule has 1 aliphatic heterocycles. The van der Waals surface area contributed by atoms with Gasteiger partial charge in [0, 0.05) is 4.91 Å². The van der Waals surface area contributed by atoms with E-state index < -0.39 is 5.54 Å². The Balaban J connectivity index is 1.91. The number of rotatable bonds is 2. The van der Waals surface area contributed by atoms with Gasteiger partial charge in [-0.15, -0.1) is 0 Å². The molecule has 0 aromatic heterocycles. The quantitative estimate of drug-likeness (QED) is 0.461. The molecule has 1 amide bonds. The minimum Gasteiger partial charge on any atom is -0.289 e. The van der Waals surface area contributed by atoms with Crippen LogP contribution in [-0.4, -0.2) is 22.3 Å². The number of nitrogens with zero attached hydrogens (tertiary/aromatic N) is 5. The summed E-state index contributed by atoms with van der Waals surface area (Å²) in [6.07, 6.45) is 3.50. The predicted molar refractivity (Wildman–Crippen MR) is 74.8 cm³/mol. The fourth-order valence-corrected chi connectivity index (χ4v) is 2.95. The van der Waals surface area contributed by atoms with Gasteiger partial charge in [-0.3, -0.25) is 9.69 Å². The summed E-state index contributed by atoms with van der Waals surface area (Å²) >= 11 is 0. The lowest BCUT2D eigenvalue weighted by molar-refractivity contribution is -0.131. The van der Waals surface area contributed by atoms with Crippen molar-refractivity contribution in [3.63, 3.8) is 0 Å². The Bertz CT molecular complexity index is 597. The number of azide groups is 1. The third-order valence-corrected chi connectivity index (χ3v) is 3.95. The summed E-state index contributed by atoms with van der Waals surface area (Å²) in [5, 5.41) is 3.61. The van der Waals surface area contributed by atoms with Crippen LogP contribution >= 0.6 is 0 Å². The number of hydrogen-bond donors (Lipinski definition) is 0. The lowest BCUT2D eigenvalue weighted by Crippen LogP contribution is -2.40. The summed E-state index contributed by atoms with van der Waals surface area (Å²) in [6.45, 7) is 0.402. The van der Waals surface area contributed by atoms with Gasteiger partial charge in [-0.25, -0.2) is 4.99 Å². The molecule has 0 atom stereocenters. The summed E-state index contributed by atoms with van der Waals surface area (Å²) < 4.78 is 0. The molecule has 1 aliphatic carbocycles. The second kappa shape index (κ2) is 4.98. The average molecular weight is 269 g/mol. The van der Waals surface area contributed by atoms with Crippen molar-refractivity contribution in [2.45, 2.75) is 37.8 Å². The lowest BCUT2D eigenvalue weighted by Gasteiger charge is -2.21. The maximum absolute atomic E-state index is 12.6. The van der Waals surface area contributed by atoms with Crippen LogP contribution in [0.2, 0.25) is 0 Å². The number of aliphatic imine (C=N–C) groups is 1. The molecule has 6 heteroatoms. The maximum Gasteiger partial charge on any atom is 0.256 e. The minimum absolute atomic E-state index is 0.0266. The molecule has 1 aromatic carbocycles. The average Bonchev–Trinajstić information content (AvgIpc) is 3.03. The van der Waals surface area contributed by atoms with E-state index in [1.165, 1.54) is 4.90 Å². The Morgan fingerprint density at radius 2 is 2.00 bits per heavy atom. The van der Waals surface area contributed by atoms with Gasteiger partial charge in [0.1, 0.15) is 5.54 Å². The number of guanidine groups is 1. The molecule has 1 heterocycles. The molecule has 1 spiro atoms. The largest absolute Gasteiger partial charge is 0.289 e. The van der Waals surface area contributed by atoms with Crippen molar-refractivity contribution >= 4 is 11.9 Å². The summed E-state index contributed by atoms with van der Waals surface area (Å²) in [4.78, 5) is 21.4. The molecule has 0 N–H and O–H groups in total. The van der Waals surface area contributed by atoms with Crippen LogP contribution in [0.4, 0.5) is 0 Å². The van der Waals surface area contributed by atoms with Crippen molar-refractivity contribution in [1.29, 1.82) is 0 Å². The van der Waals surface area contributed by atoms with Gasteiger partial charge in [-0.1, -0.05) is 43.2 Å². The summed E-state index contributed by atoms with van der Waals surface area (Å²) in [6, 6.07) is 9.66. The van der Waals surface area contributed by atoms with Gasteiger partial charge in [0.2, 0.25) is 0 Å². The second-order valence-electron chi connectivity index (χ2n) is 5.22. The number of carbonyl (C=O) groups is 1. The number of hydrogen-bond acceptors (Lipinski definition) is 3. The molecular weight excluding hydrogens is 254 g/mol. The first-order valence-corrected chi connectivity index (χ1v) is 6.76. The SMILES string of the molecule is [N-]=[N+]=NC1=NC2(CCCC2)C(=O)N1Cc1ccccc1. The highest BCUT2D eigenvalue weighted by Gasteiger charge is 2.49. The number of amides is 1. The van der Waals surface area contributed by atoms with Crippen molar-refractivity contribution in [2.24, 2.45) is 10.1 Å². The van der Waals surface area contributed by atoms with Crippen molar-refractivity contribution in [3.05, 3.63) is 46.3 Å². The highest BCUT2D eigenvalue weighted by Crippen LogP contribution is 2.39. The molecule has 3 rings (SSSR count). The fraction of sp³-hybridized carbons (Fsp3) is 0.429. The van der Waals surface area contributed by atoms with Crippen LogP contribution < -0.4 is 0 Å². The molecule has 6 nitrogen and oxygen atoms in total. The van der Waals surface area contributed by atoms with Crippen molar-refractivity contribution in [2.75, 3.05) is 0 Å². The Labute approximate surface area is 116 Å². The van der Waals surface area contributed by atoms with Gasteiger partial charge < -0.3 is 0 Å². The van der Waals surface area contributed by atoms with Gasteiger partial charge in [-0.05, 0) is 29.1 Å². The minimum atomic E-state index is -0.668. The van der Waals surface area contributed by atoms with Gasteiger partial charge in [0.15, 0.2) is 5.96 Å². The van der Waals surface area contributed by atoms with Crippen LogP contribution in [0.1, 0.15) is 31.2 Å². The molecule has 20 heavy (non-hydrogen) atoms. The summed E-state index contributed by atoms with van der Waals surface area (Å²) in [5.74, 6) is 0.185. The second-order valence-corrected chi connectivity index (χ2v) is 5.22. The molecule has 1 saturated carbocycles. The van der Waals surface area contributed by atoms with Crippen molar-refractivity contribution < 1.29 is 4.79 Å². The standard InChI is InChI=1S/C14H15N5O/c15-18-17-13-16-14(8-4-5-9-14)12(20)19(13)10-11-6-2-1-3-7-11/h1-3,6-7H,4-5,8-10H2. The van der Waals surface area contributed by atoms with E-state index in [1.54, 1.807) is 0 Å². The van der Waals surface area contributed by atoms with E-state index in [9.17, 15) is 4.79 Å². The van der Waals surface area contributed by atoms with E-state index in [1.807, 2.05) is 30.3 Å². The normalized spacial score (nSPS) is 20.1. The summed E-state index contributed by atoms with van der Waals surface area (Å²) in [5.41, 5.74) is 9.00.